The Kier molecular flexibility index (Phi) is 41.4. The van der Waals surface area contributed by atoms with Gasteiger partial charge in [0.15, 0.2) is 12.4 Å². The van der Waals surface area contributed by atoms with E-state index in [1.54, 1.807) is 0 Å². The topological polar surface area (TPSA) is 186 Å². The largest absolute Gasteiger partial charge is 0.462 e. The summed E-state index contributed by atoms with van der Waals surface area (Å²) in [7, 11) is -4.60. The number of rotatable bonds is 48. The molecule has 0 aromatic heterocycles. The summed E-state index contributed by atoms with van der Waals surface area (Å²) in [4.78, 5) is 25.6. The smallest absolute Gasteiger partial charge is 0.306 e. The maximum Gasteiger partial charge on any atom is 0.306 e. The summed E-state index contributed by atoms with van der Waals surface area (Å²) in [5.41, 5.74) is 0. The van der Waals surface area contributed by atoms with Crippen LogP contribution in [0, 0.1) is 0 Å². The van der Waals surface area contributed by atoms with Crippen molar-refractivity contribution in [2.45, 2.75) is 307 Å². The van der Waals surface area contributed by atoms with Crippen molar-refractivity contribution in [3.63, 3.8) is 0 Å². The fraction of sp³-hybridized carbons (Fsp3) is 0.962. The number of carbonyl (C=O) groups is 2. The van der Waals surface area contributed by atoms with E-state index in [0.29, 0.717) is 12.8 Å². The summed E-state index contributed by atoms with van der Waals surface area (Å²) in [6.45, 7) is 3.83. The zero-order chi connectivity index (χ0) is 48.4. The maximum atomic E-state index is 12.9. The molecule has 0 saturated carbocycles. The molecular formula is C53H102O12S. The summed E-state index contributed by atoms with van der Waals surface area (Å²) >= 11 is 0. The highest BCUT2D eigenvalue weighted by Crippen LogP contribution is 2.24. The molecule has 13 heteroatoms. The lowest BCUT2D eigenvalue weighted by molar-refractivity contribution is -0.297. The molecule has 4 N–H and O–H groups in total. The van der Waals surface area contributed by atoms with Crippen molar-refractivity contribution < 1.29 is 56.8 Å². The lowest BCUT2D eigenvalue weighted by atomic mass is 10.00. The first-order chi connectivity index (χ1) is 32.0. The quantitative estimate of drug-likeness (QED) is 0.0257. The van der Waals surface area contributed by atoms with Gasteiger partial charge < -0.3 is 34.3 Å². The van der Waals surface area contributed by atoms with Gasteiger partial charge in [0.25, 0.3) is 10.1 Å². The van der Waals surface area contributed by atoms with Crippen LogP contribution in [-0.4, -0.2) is 96.0 Å². The first-order valence-corrected chi connectivity index (χ1v) is 29.2. The minimum Gasteiger partial charge on any atom is -0.462 e. The Morgan fingerprint density at radius 2 is 0.773 bits per heavy atom. The second kappa shape index (κ2) is 43.7. The van der Waals surface area contributed by atoms with E-state index in [2.05, 4.69) is 13.8 Å². The van der Waals surface area contributed by atoms with Crippen molar-refractivity contribution in [2.75, 3.05) is 19.0 Å². The molecule has 1 saturated heterocycles. The van der Waals surface area contributed by atoms with Gasteiger partial charge in [-0.1, -0.05) is 245 Å². The predicted octanol–water partition coefficient (Wildman–Crippen LogP) is 12.8. The van der Waals surface area contributed by atoms with E-state index in [4.69, 9.17) is 18.9 Å². The van der Waals surface area contributed by atoms with Crippen LogP contribution in [0.2, 0.25) is 0 Å². The molecule has 66 heavy (non-hydrogen) atoms. The molecule has 1 rings (SSSR count). The highest BCUT2D eigenvalue weighted by Gasteiger charge is 2.46. The van der Waals surface area contributed by atoms with Crippen LogP contribution >= 0.6 is 0 Å². The van der Waals surface area contributed by atoms with Crippen molar-refractivity contribution in [2.24, 2.45) is 0 Å². The van der Waals surface area contributed by atoms with Crippen LogP contribution in [0.5, 0.6) is 0 Å². The Bertz CT molecular complexity index is 1220. The predicted molar refractivity (Wildman–Crippen MR) is 266 cm³/mol. The van der Waals surface area contributed by atoms with E-state index >= 15 is 0 Å². The van der Waals surface area contributed by atoms with Gasteiger partial charge >= 0.3 is 11.9 Å². The molecular weight excluding hydrogens is 861 g/mol. The first-order valence-electron chi connectivity index (χ1n) is 27.6. The molecule has 0 aromatic rings. The number of ether oxygens (including phenoxy) is 4. The Hall–Kier alpha value is -1.35. The molecule has 1 aliphatic heterocycles. The zero-order valence-corrected chi connectivity index (χ0v) is 43.1. The number of aliphatic hydroxyl groups is 3. The molecule has 12 nitrogen and oxygen atoms in total. The molecule has 1 fully saturated rings. The van der Waals surface area contributed by atoms with Gasteiger partial charge in [0.05, 0.1) is 6.61 Å². The SMILES string of the molecule is CCCCCCCCCCCCCCCCCCCCCCC(=O)OC[C@H](CO[C@H]1O[C@H](CS(=O)(=O)O)[C@@H](O)C(O)C1O)OC(=O)CCCCCCCCCCCCCCCCCCCC. The van der Waals surface area contributed by atoms with Crippen LogP contribution in [0.1, 0.15) is 271 Å². The summed E-state index contributed by atoms with van der Waals surface area (Å²) < 4.78 is 54.3. The summed E-state index contributed by atoms with van der Waals surface area (Å²) in [6, 6.07) is 0. The lowest BCUT2D eigenvalue weighted by Gasteiger charge is -2.40. The van der Waals surface area contributed by atoms with E-state index in [0.717, 1.165) is 38.5 Å². The van der Waals surface area contributed by atoms with Crippen LogP contribution in [0.3, 0.4) is 0 Å². The van der Waals surface area contributed by atoms with E-state index in [9.17, 15) is 37.9 Å². The van der Waals surface area contributed by atoms with Crippen molar-refractivity contribution in [3.8, 4) is 0 Å². The monoisotopic (exact) mass is 963 g/mol. The van der Waals surface area contributed by atoms with E-state index in [1.807, 2.05) is 0 Å². The average molecular weight is 963 g/mol. The van der Waals surface area contributed by atoms with E-state index in [-0.39, 0.29) is 19.4 Å². The first kappa shape index (κ1) is 62.7. The van der Waals surface area contributed by atoms with Gasteiger partial charge in [-0.05, 0) is 12.8 Å². The Labute approximate surface area is 403 Å². The van der Waals surface area contributed by atoms with Crippen LogP contribution in [0.15, 0.2) is 0 Å². The highest BCUT2D eigenvalue weighted by atomic mass is 32.2. The third-order valence-electron chi connectivity index (χ3n) is 13.2. The minimum atomic E-state index is -4.60. The maximum absolute atomic E-state index is 12.9. The summed E-state index contributed by atoms with van der Waals surface area (Å²) in [5, 5.41) is 31.0. The minimum absolute atomic E-state index is 0.173. The highest BCUT2D eigenvalue weighted by molar-refractivity contribution is 7.85. The van der Waals surface area contributed by atoms with Gasteiger partial charge in [0, 0.05) is 12.8 Å². The standard InChI is InChI=1S/C53H102O12S/c1-3-5-7-9-11-13-15-17-19-21-23-24-26-27-29-31-33-35-37-39-41-48(54)62-43-46(44-63-53-52(58)51(57)50(56)47(65-53)45-66(59,60)61)64-49(55)42-40-38-36-34-32-30-28-25-22-20-18-16-14-12-10-8-6-4-2/h46-47,50-53,56-58H,3-45H2,1-2H3,(H,59,60,61)/t46-,47-,50-,51?,52?,53+/m1/s1. The number of hydrogen-bond donors (Lipinski definition) is 4. The fourth-order valence-electron chi connectivity index (χ4n) is 8.92. The average Bonchev–Trinajstić information content (AvgIpc) is 3.28. The fourth-order valence-corrected chi connectivity index (χ4v) is 9.61. The normalized spacial score (nSPS) is 19.3. The number of carbonyl (C=O) groups excluding carboxylic acids is 2. The van der Waals surface area contributed by atoms with Crippen LogP contribution < -0.4 is 0 Å². The van der Waals surface area contributed by atoms with E-state index in [1.165, 1.54) is 193 Å². The van der Waals surface area contributed by atoms with Gasteiger partial charge in [0.2, 0.25) is 0 Å². The van der Waals surface area contributed by atoms with Gasteiger partial charge in [-0.15, -0.1) is 0 Å². The molecule has 6 atom stereocenters. The van der Waals surface area contributed by atoms with Crippen molar-refractivity contribution in [1.82, 2.24) is 0 Å². The van der Waals surface area contributed by atoms with Crippen molar-refractivity contribution in [1.29, 1.82) is 0 Å². The Morgan fingerprint density at radius 3 is 1.11 bits per heavy atom. The van der Waals surface area contributed by atoms with Crippen molar-refractivity contribution in [3.05, 3.63) is 0 Å². The molecule has 0 amide bonds. The molecule has 0 spiro atoms. The Balaban J connectivity index is 2.32. The zero-order valence-electron chi connectivity index (χ0n) is 42.3. The summed E-state index contributed by atoms with van der Waals surface area (Å²) in [5.74, 6) is -1.95. The van der Waals surface area contributed by atoms with Crippen LogP contribution in [-0.2, 0) is 38.7 Å². The van der Waals surface area contributed by atoms with E-state index < -0.39 is 71.2 Å². The molecule has 0 aliphatic carbocycles. The van der Waals surface area contributed by atoms with Crippen LogP contribution in [0.25, 0.3) is 0 Å². The third-order valence-corrected chi connectivity index (χ3v) is 13.9. The molecule has 0 radical (unpaired) electrons. The molecule has 1 heterocycles. The number of hydrogen-bond acceptors (Lipinski definition) is 11. The van der Waals surface area contributed by atoms with Crippen LogP contribution in [0.4, 0.5) is 0 Å². The number of aliphatic hydroxyl groups excluding tert-OH is 3. The third kappa shape index (κ3) is 37.5. The molecule has 392 valence electrons. The van der Waals surface area contributed by atoms with Gasteiger partial charge in [0.1, 0.15) is 36.8 Å². The molecule has 2 unspecified atom stereocenters. The number of unbranched alkanes of at least 4 members (excludes halogenated alkanes) is 36. The second-order valence-corrected chi connectivity index (χ2v) is 21.1. The summed E-state index contributed by atoms with van der Waals surface area (Å²) in [6.07, 6.45) is 38.6. The Morgan fingerprint density at radius 1 is 0.455 bits per heavy atom. The molecule has 0 aromatic carbocycles. The number of esters is 2. The van der Waals surface area contributed by atoms with Gasteiger partial charge in [-0.25, -0.2) is 0 Å². The molecule has 0 bridgehead atoms. The second-order valence-electron chi connectivity index (χ2n) is 19.6. The van der Waals surface area contributed by atoms with Gasteiger partial charge in [-0.3, -0.25) is 14.1 Å². The van der Waals surface area contributed by atoms with Crippen molar-refractivity contribution >= 4 is 22.1 Å². The molecule has 1 aliphatic rings. The lowest BCUT2D eigenvalue weighted by Crippen LogP contribution is -2.60. The van der Waals surface area contributed by atoms with Gasteiger partial charge in [-0.2, -0.15) is 8.42 Å².